The van der Waals surface area contributed by atoms with E-state index < -0.39 is 8.07 Å². The Morgan fingerprint density at radius 3 is 1.57 bits per heavy atom. The predicted octanol–water partition coefficient (Wildman–Crippen LogP) is 6.01. The summed E-state index contributed by atoms with van der Waals surface area (Å²) in [6.07, 6.45) is 12.2. The molecular weight excluding hydrogens is 598 g/mol. The summed E-state index contributed by atoms with van der Waals surface area (Å²) in [5, 5.41) is 0. The fourth-order valence-corrected chi connectivity index (χ4v) is 3.69. The van der Waals surface area contributed by atoms with Gasteiger partial charge in [-0.05, 0) is 21.9 Å². The molecule has 0 saturated heterocycles. The van der Waals surface area contributed by atoms with Gasteiger partial charge >= 0.3 is 0 Å². The third-order valence-corrected chi connectivity index (χ3v) is 5.16. The average Bonchev–Trinajstić information content (AvgIpc) is 2.84. The average molecular weight is 646 g/mol. The monoisotopic (exact) mass is 646 g/mol. The van der Waals surface area contributed by atoms with Crippen molar-refractivity contribution < 1.29 is 25.8 Å². The van der Waals surface area contributed by atoms with Crippen molar-refractivity contribution in [3.63, 3.8) is 0 Å². The fraction of sp³-hybridized carbons (Fsp3) is 0.455. The van der Waals surface area contributed by atoms with E-state index in [0.717, 1.165) is 6.42 Å². The Morgan fingerprint density at radius 1 is 0.964 bits per heavy atom. The van der Waals surface area contributed by atoms with E-state index in [2.05, 4.69) is 71.6 Å². The minimum atomic E-state index is -0.873. The number of hydrogen-bond acceptors (Lipinski definition) is 0. The van der Waals surface area contributed by atoms with Crippen LogP contribution in [-0.4, -0.2) is 30.0 Å². The predicted molar refractivity (Wildman–Crippen MR) is 149 cm³/mol. The molecule has 172 valence electrons. The van der Waals surface area contributed by atoms with Gasteiger partial charge in [-0.15, -0.1) is 38.2 Å². The zero-order valence-corrected chi connectivity index (χ0v) is 31.2. The van der Waals surface area contributed by atoms with Gasteiger partial charge in [-0.25, -0.2) is 17.2 Å². The van der Waals surface area contributed by atoms with Crippen LogP contribution in [0.5, 0.6) is 0 Å². The zero-order valence-electron chi connectivity index (χ0n) is 21.0. The van der Waals surface area contributed by atoms with Gasteiger partial charge in [0.05, 0.1) is 0 Å². The molecule has 0 aliphatic heterocycles. The summed E-state index contributed by atoms with van der Waals surface area (Å²) in [4.78, 5) is 0. The Balaban J connectivity index is -0.0000000279. The van der Waals surface area contributed by atoms with E-state index in [1.807, 2.05) is 0 Å². The third kappa shape index (κ3) is 21.8. The van der Waals surface area contributed by atoms with Crippen LogP contribution in [0.1, 0.15) is 34.1 Å². The fourth-order valence-electron chi connectivity index (χ4n) is 2.30. The van der Waals surface area contributed by atoms with Gasteiger partial charge in [0.2, 0.25) is 0 Å². The van der Waals surface area contributed by atoms with Crippen molar-refractivity contribution in [1.82, 2.24) is 0 Å². The molecule has 1 unspecified atom stereocenters. The maximum absolute atomic E-state index is 3.36. The molecule has 0 fully saturated rings. The molecule has 0 aromatic carbocycles. The summed E-state index contributed by atoms with van der Waals surface area (Å²) in [7, 11) is -0.873. The van der Waals surface area contributed by atoms with E-state index in [1.54, 1.807) is 0 Å². The van der Waals surface area contributed by atoms with E-state index in [4.69, 9.17) is 0 Å². The Bertz CT molecular complexity index is 463. The van der Waals surface area contributed by atoms with Crippen molar-refractivity contribution in [2.24, 2.45) is 5.92 Å². The second kappa shape index (κ2) is 26.1. The molecule has 0 heterocycles. The van der Waals surface area contributed by atoms with Crippen LogP contribution in [0.3, 0.4) is 0 Å². The third-order valence-electron chi connectivity index (χ3n) is 3.72. The molecular formula is C22H48Cl2HfSi3-6. The maximum atomic E-state index is 3.36. The molecule has 6 heteroatoms. The van der Waals surface area contributed by atoms with Crippen molar-refractivity contribution in [2.45, 2.75) is 59.8 Å². The van der Waals surface area contributed by atoms with Gasteiger partial charge in [0.25, 0.3) is 0 Å². The minimum Gasteiger partial charge on any atom is -0.358 e. The maximum Gasteiger partial charge on any atom is 0.0456 e. The molecule has 0 aromatic heterocycles. The second-order valence-electron chi connectivity index (χ2n) is 6.84. The van der Waals surface area contributed by atoms with Gasteiger partial charge in [-0.1, -0.05) is 52.4 Å². The summed E-state index contributed by atoms with van der Waals surface area (Å²) >= 11 is 0. The van der Waals surface area contributed by atoms with Crippen LogP contribution in [0.15, 0.2) is 34.4 Å². The number of allylic oxidation sites excluding steroid dienone is 8. The first-order chi connectivity index (χ1) is 8.70. The molecule has 2 radical (unpaired) electrons. The standard InChI is InChI=1S/C9H15Si.C9H13.4CH3.2ClH.Hf.2H3Si/c1-10(2,3)8-9-6-4-5-7-9;1-6-5-7(2)9(4)8(6)3;;;;;;;;;/h4,6H,5,8H2,1-3H3;6H,1-4H3;4*1H3;2*1H;;2*1H3/q6*-1;;;;;. The summed E-state index contributed by atoms with van der Waals surface area (Å²) in [5.74, 6) is 0.560. The summed E-state index contributed by atoms with van der Waals surface area (Å²) < 4.78 is 0. The first-order valence-electron chi connectivity index (χ1n) is 7.25. The molecule has 0 N–H and O–H groups in total. The minimum absolute atomic E-state index is 0. The molecule has 2 rings (SSSR count). The van der Waals surface area contributed by atoms with Crippen molar-refractivity contribution in [3.8, 4) is 0 Å². The summed E-state index contributed by atoms with van der Waals surface area (Å²) in [5.41, 5.74) is 5.69. The van der Waals surface area contributed by atoms with Gasteiger partial charge in [0.1, 0.15) is 0 Å². The molecule has 0 nitrogen and oxygen atoms in total. The van der Waals surface area contributed by atoms with E-state index >= 15 is 0 Å². The second-order valence-corrected chi connectivity index (χ2v) is 12.3. The molecule has 2 aliphatic rings. The molecule has 0 bridgehead atoms. The Morgan fingerprint density at radius 2 is 1.39 bits per heavy atom. The van der Waals surface area contributed by atoms with Crippen LogP contribution in [0.4, 0.5) is 0 Å². The van der Waals surface area contributed by atoms with Crippen LogP contribution in [0.2, 0.25) is 25.7 Å². The summed E-state index contributed by atoms with van der Waals surface area (Å²) in [6, 6.07) is 1.30. The molecule has 0 spiro atoms. The molecule has 0 aromatic rings. The smallest absolute Gasteiger partial charge is 0.0456 e. The molecule has 0 amide bonds. The molecule has 2 aliphatic carbocycles. The van der Waals surface area contributed by atoms with Gasteiger partial charge in [-0.2, -0.15) is 17.2 Å². The van der Waals surface area contributed by atoms with E-state index in [9.17, 15) is 0 Å². The van der Waals surface area contributed by atoms with Crippen molar-refractivity contribution in [1.29, 1.82) is 0 Å². The topological polar surface area (TPSA) is 0 Å². The normalized spacial score (nSPS) is 15.0. The van der Waals surface area contributed by atoms with Crippen molar-refractivity contribution >= 4 is 54.8 Å². The number of halogens is 2. The van der Waals surface area contributed by atoms with Crippen molar-refractivity contribution in [3.05, 3.63) is 76.3 Å². The first-order valence-corrected chi connectivity index (χ1v) is 11.0. The Kier molecular flexibility index (Phi) is 53.0. The van der Waals surface area contributed by atoms with Gasteiger partial charge in [-0.3, -0.25) is 12.2 Å². The van der Waals surface area contributed by atoms with E-state index in [1.165, 1.54) is 28.3 Å². The summed E-state index contributed by atoms with van der Waals surface area (Å²) in [6.45, 7) is 15.9. The Hall–Kier alpha value is 1.06. The van der Waals surface area contributed by atoms with Crippen LogP contribution < -0.4 is 0 Å². The van der Waals surface area contributed by atoms with Crippen LogP contribution >= 0.6 is 24.8 Å². The van der Waals surface area contributed by atoms with Crippen LogP contribution in [-0.2, 0) is 25.8 Å². The molecule has 1 atom stereocenters. The molecule has 28 heavy (non-hydrogen) atoms. The van der Waals surface area contributed by atoms with Crippen molar-refractivity contribution in [2.75, 3.05) is 0 Å². The number of hydrogen-bond donors (Lipinski definition) is 0. The van der Waals surface area contributed by atoms with Gasteiger partial charge < -0.3 is 29.7 Å². The van der Waals surface area contributed by atoms with Gasteiger partial charge in [0.15, 0.2) is 0 Å². The first kappa shape index (κ1) is 56.9. The van der Waals surface area contributed by atoms with E-state index in [-0.39, 0.29) is 102 Å². The SMILES string of the molecule is CC1=[C-]C(C)C(C)=C1C.C[Si](C)(C)CC1=[C-]CC=C1.Cl.Cl.[CH3-].[CH3-].[CH3-].[CH3-].[Hf].[SiH3].[SiH3]. The largest absolute Gasteiger partial charge is 0.358 e. The van der Waals surface area contributed by atoms with Gasteiger partial charge in [0, 0.05) is 33.9 Å². The van der Waals surface area contributed by atoms with E-state index in [0.29, 0.717) is 5.92 Å². The molecule has 0 saturated carbocycles. The Labute approximate surface area is 221 Å². The zero-order chi connectivity index (χ0) is 14.6. The van der Waals surface area contributed by atoms with Crippen LogP contribution in [0.25, 0.3) is 0 Å². The quantitative estimate of drug-likeness (QED) is 0.255. The number of rotatable bonds is 2. The van der Waals surface area contributed by atoms with Crippen LogP contribution in [0, 0.1) is 47.8 Å².